The van der Waals surface area contributed by atoms with Crippen molar-refractivity contribution in [3.8, 4) is 11.5 Å². The van der Waals surface area contributed by atoms with Gasteiger partial charge in [-0.3, -0.25) is 9.59 Å². The van der Waals surface area contributed by atoms with Crippen molar-refractivity contribution < 1.29 is 19.1 Å². The number of para-hydroxylation sites is 1. The lowest BCUT2D eigenvalue weighted by Crippen LogP contribution is -2.34. The van der Waals surface area contributed by atoms with Crippen molar-refractivity contribution in [2.24, 2.45) is 0 Å². The van der Waals surface area contributed by atoms with E-state index in [1.54, 1.807) is 13.1 Å². The fraction of sp³-hybridized carbons (Fsp3) is 0.360. The fourth-order valence-electron chi connectivity index (χ4n) is 3.01. The molecule has 0 bridgehead atoms. The predicted octanol–water partition coefficient (Wildman–Crippen LogP) is 4.60. The van der Waals surface area contributed by atoms with Gasteiger partial charge in [-0.2, -0.15) is 0 Å². The highest BCUT2D eigenvalue weighted by Gasteiger charge is 2.13. The van der Waals surface area contributed by atoms with Gasteiger partial charge in [0.1, 0.15) is 0 Å². The van der Waals surface area contributed by atoms with Crippen LogP contribution in [0, 0.1) is 13.8 Å². The van der Waals surface area contributed by atoms with Crippen LogP contribution in [-0.4, -0.2) is 43.5 Å². The Morgan fingerprint density at radius 3 is 2.39 bits per heavy atom. The third kappa shape index (κ3) is 7.17. The molecule has 0 radical (unpaired) electrons. The summed E-state index contributed by atoms with van der Waals surface area (Å²) in [7, 11) is 1.60. The van der Waals surface area contributed by atoms with E-state index in [1.807, 2.05) is 64.1 Å². The molecule has 2 rings (SSSR count). The van der Waals surface area contributed by atoms with Gasteiger partial charge in [0, 0.05) is 18.8 Å². The summed E-state index contributed by atoms with van der Waals surface area (Å²) in [5.74, 6) is 0.831. The van der Waals surface area contributed by atoms with Crippen LogP contribution in [-0.2, 0) is 9.59 Å². The van der Waals surface area contributed by atoms with Gasteiger partial charge in [-0.1, -0.05) is 31.2 Å². The van der Waals surface area contributed by atoms with Crippen molar-refractivity contribution >= 4 is 23.6 Å². The molecule has 0 saturated carbocycles. The van der Waals surface area contributed by atoms with Gasteiger partial charge in [-0.05, 0) is 62.1 Å². The molecule has 0 aromatic heterocycles. The molecule has 0 aliphatic carbocycles. The molecule has 2 aromatic rings. The molecule has 0 fully saturated rings. The van der Waals surface area contributed by atoms with E-state index in [4.69, 9.17) is 9.47 Å². The van der Waals surface area contributed by atoms with Gasteiger partial charge in [-0.25, -0.2) is 0 Å². The van der Waals surface area contributed by atoms with Crippen LogP contribution in [0.4, 0.5) is 5.69 Å². The molecule has 6 nitrogen and oxygen atoms in total. The smallest absolute Gasteiger partial charge is 0.246 e. The molecule has 0 spiro atoms. The number of hydrogen-bond acceptors (Lipinski definition) is 4. The molecule has 0 atom stereocenters. The molecule has 6 heteroatoms. The van der Waals surface area contributed by atoms with Crippen LogP contribution >= 0.6 is 0 Å². The van der Waals surface area contributed by atoms with Gasteiger partial charge in [0.05, 0.1) is 19.8 Å². The first-order valence-corrected chi connectivity index (χ1v) is 10.5. The minimum Gasteiger partial charge on any atom is -0.490 e. The molecule has 0 unspecified atom stereocenters. The highest BCUT2D eigenvalue weighted by atomic mass is 16.5. The van der Waals surface area contributed by atoms with E-state index in [-0.39, 0.29) is 18.4 Å². The molecular formula is C25H32N2O4. The lowest BCUT2D eigenvalue weighted by molar-refractivity contribution is -0.129. The zero-order valence-electron chi connectivity index (χ0n) is 19.0. The number of aryl methyl sites for hydroxylation is 2. The largest absolute Gasteiger partial charge is 0.490 e. The van der Waals surface area contributed by atoms with Gasteiger partial charge in [-0.15, -0.1) is 0 Å². The third-order valence-corrected chi connectivity index (χ3v) is 4.65. The molecule has 2 amide bonds. The minimum atomic E-state index is -0.263. The number of nitrogens with zero attached hydrogens (tertiary/aromatic N) is 1. The van der Waals surface area contributed by atoms with Crippen LogP contribution in [0.3, 0.4) is 0 Å². The van der Waals surface area contributed by atoms with Gasteiger partial charge in [0.2, 0.25) is 11.8 Å². The number of benzene rings is 2. The zero-order chi connectivity index (χ0) is 22.8. The Morgan fingerprint density at radius 1 is 1.03 bits per heavy atom. The summed E-state index contributed by atoms with van der Waals surface area (Å²) in [6.07, 6.45) is 4.06. The first-order valence-electron chi connectivity index (χ1n) is 10.5. The summed E-state index contributed by atoms with van der Waals surface area (Å²) in [5.41, 5.74) is 3.57. The lowest BCUT2D eigenvalue weighted by atomic mass is 10.1. The van der Waals surface area contributed by atoms with Crippen LogP contribution in [0.2, 0.25) is 0 Å². The van der Waals surface area contributed by atoms with Crippen molar-refractivity contribution in [3.63, 3.8) is 0 Å². The average Bonchev–Trinajstić information content (AvgIpc) is 2.74. The number of amides is 2. The number of rotatable bonds is 10. The predicted molar refractivity (Wildman–Crippen MR) is 125 cm³/mol. The second kappa shape index (κ2) is 11.8. The molecule has 0 heterocycles. The molecular weight excluding hydrogens is 392 g/mol. The highest BCUT2D eigenvalue weighted by molar-refractivity contribution is 5.98. The highest BCUT2D eigenvalue weighted by Crippen LogP contribution is 2.29. The van der Waals surface area contributed by atoms with E-state index in [0.29, 0.717) is 24.7 Å². The molecule has 31 heavy (non-hydrogen) atoms. The number of likely N-dealkylation sites (N-methyl/N-ethyl adjacent to an activating group) is 1. The maximum absolute atomic E-state index is 12.5. The molecule has 166 valence electrons. The molecule has 0 aliphatic rings. The molecule has 1 N–H and O–H groups in total. The van der Waals surface area contributed by atoms with Crippen molar-refractivity contribution in [1.29, 1.82) is 0 Å². The summed E-state index contributed by atoms with van der Waals surface area (Å²) >= 11 is 0. The maximum atomic E-state index is 12.5. The summed E-state index contributed by atoms with van der Waals surface area (Å²) < 4.78 is 11.3. The van der Waals surface area contributed by atoms with E-state index < -0.39 is 0 Å². The van der Waals surface area contributed by atoms with Gasteiger partial charge in [0.15, 0.2) is 11.5 Å². The number of carbonyl (C=O) groups is 2. The van der Waals surface area contributed by atoms with Gasteiger partial charge in [0.25, 0.3) is 0 Å². The SMILES string of the molecule is CCCOc1ccc(/C=C/C(=O)N(C)CC(=O)Nc2c(C)cccc2C)cc1OCC. The van der Waals surface area contributed by atoms with E-state index in [0.717, 1.165) is 28.8 Å². The van der Waals surface area contributed by atoms with E-state index in [1.165, 1.54) is 11.0 Å². The van der Waals surface area contributed by atoms with Crippen LogP contribution in [0.5, 0.6) is 11.5 Å². The Labute approximate surface area is 184 Å². The summed E-state index contributed by atoms with van der Waals surface area (Å²) in [5, 5.41) is 2.90. The number of nitrogens with one attached hydrogen (secondary N) is 1. The topological polar surface area (TPSA) is 67.9 Å². The Hall–Kier alpha value is -3.28. The Kier molecular flexibility index (Phi) is 9.13. The van der Waals surface area contributed by atoms with E-state index in [9.17, 15) is 9.59 Å². The second-order valence-electron chi connectivity index (χ2n) is 7.33. The van der Waals surface area contributed by atoms with Gasteiger partial charge < -0.3 is 19.7 Å². The Morgan fingerprint density at radius 2 is 1.74 bits per heavy atom. The Bertz CT molecular complexity index is 917. The van der Waals surface area contributed by atoms with Crippen LogP contribution < -0.4 is 14.8 Å². The summed E-state index contributed by atoms with van der Waals surface area (Å²) in [6.45, 7) is 8.93. The molecule has 0 aliphatic heterocycles. The summed E-state index contributed by atoms with van der Waals surface area (Å²) in [6, 6.07) is 11.4. The van der Waals surface area contributed by atoms with Crippen molar-refractivity contribution in [1.82, 2.24) is 4.90 Å². The van der Waals surface area contributed by atoms with Crippen molar-refractivity contribution in [3.05, 3.63) is 59.2 Å². The lowest BCUT2D eigenvalue weighted by Gasteiger charge is -2.17. The molecule has 0 saturated heterocycles. The van der Waals surface area contributed by atoms with E-state index >= 15 is 0 Å². The third-order valence-electron chi connectivity index (χ3n) is 4.65. The molecule has 2 aromatic carbocycles. The quantitative estimate of drug-likeness (QED) is 0.566. The van der Waals surface area contributed by atoms with Crippen LogP contribution in [0.25, 0.3) is 6.08 Å². The van der Waals surface area contributed by atoms with E-state index in [2.05, 4.69) is 5.32 Å². The monoisotopic (exact) mass is 424 g/mol. The van der Waals surface area contributed by atoms with Crippen molar-refractivity contribution in [2.45, 2.75) is 34.1 Å². The number of ether oxygens (including phenoxy) is 2. The number of carbonyl (C=O) groups excluding carboxylic acids is 2. The first kappa shape index (κ1) is 24.0. The fourth-order valence-corrected chi connectivity index (χ4v) is 3.01. The zero-order valence-corrected chi connectivity index (χ0v) is 19.0. The van der Waals surface area contributed by atoms with Crippen LogP contribution in [0.1, 0.15) is 37.0 Å². The number of anilines is 1. The first-order chi connectivity index (χ1) is 14.8. The minimum absolute atomic E-state index is 0.0368. The normalized spacial score (nSPS) is 10.7. The van der Waals surface area contributed by atoms with Gasteiger partial charge >= 0.3 is 0 Å². The number of hydrogen-bond donors (Lipinski definition) is 1. The average molecular weight is 425 g/mol. The second-order valence-corrected chi connectivity index (χ2v) is 7.33. The van der Waals surface area contributed by atoms with Crippen molar-refractivity contribution in [2.75, 3.05) is 32.1 Å². The summed E-state index contributed by atoms with van der Waals surface area (Å²) in [4.78, 5) is 26.2. The standard InChI is InChI=1S/C25H32N2O4/c1-6-15-31-21-13-11-20(16-22(21)30-7-2)12-14-24(29)27(5)17-23(28)26-25-18(3)9-8-10-19(25)4/h8-14,16H,6-7,15,17H2,1-5H3,(H,26,28)/b14-12+. The maximum Gasteiger partial charge on any atom is 0.246 e. The van der Waals surface area contributed by atoms with Crippen LogP contribution in [0.15, 0.2) is 42.5 Å². The Balaban J connectivity index is 2.00.